The van der Waals surface area contributed by atoms with Gasteiger partial charge >= 0.3 is 0 Å². The van der Waals surface area contributed by atoms with Crippen molar-refractivity contribution >= 4 is 0 Å². The number of nitrogens with one attached hydrogen (secondary N) is 1. The first-order valence-electron chi connectivity index (χ1n) is 7.46. The molecule has 0 unspecified atom stereocenters. The number of rotatable bonds is 5. The van der Waals surface area contributed by atoms with Gasteiger partial charge in [0.05, 0.1) is 12.8 Å². The first-order chi connectivity index (χ1) is 9.21. The van der Waals surface area contributed by atoms with E-state index in [1.807, 2.05) is 19.1 Å². The molecule has 1 fully saturated rings. The molecular formula is C16H26N2O. The Morgan fingerprint density at radius 2 is 2.00 bits per heavy atom. The summed E-state index contributed by atoms with van der Waals surface area (Å²) in [4.78, 5) is 4.55. The largest absolute Gasteiger partial charge is 0.497 e. The maximum atomic E-state index is 5.29. The molecule has 1 N–H and O–H groups in total. The molecule has 1 aromatic rings. The molecule has 3 nitrogen and oxygen atoms in total. The van der Waals surface area contributed by atoms with Crippen LogP contribution < -0.4 is 10.1 Å². The van der Waals surface area contributed by atoms with Gasteiger partial charge in [0, 0.05) is 30.4 Å². The SMILES string of the molecule is CCC1CCC(NCc2cc(OC)cc(C)n2)CC1. The maximum Gasteiger partial charge on any atom is 0.122 e. The van der Waals surface area contributed by atoms with Crippen LogP contribution in [-0.2, 0) is 6.54 Å². The van der Waals surface area contributed by atoms with Gasteiger partial charge < -0.3 is 10.1 Å². The molecule has 2 rings (SSSR count). The van der Waals surface area contributed by atoms with E-state index in [1.165, 1.54) is 32.1 Å². The average molecular weight is 262 g/mol. The van der Waals surface area contributed by atoms with Crippen molar-refractivity contribution in [3.05, 3.63) is 23.5 Å². The van der Waals surface area contributed by atoms with Crippen LogP contribution in [0.5, 0.6) is 5.75 Å². The topological polar surface area (TPSA) is 34.1 Å². The smallest absolute Gasteiger partial charge is 0.122 e. The predicted octanol–water partition coefficient (Wildman–Crippen LogP) is 3.46. The summed E-state index contributed by atoms with van der Waals surface area (Å²) in [6.45, 7) is 5.17. The minimum absolute atomic E-state index is 0.663. The molecule has 0 radical (unpaired) electrons. The van der Waals surface area contributed by atoms with Crippen molar-refractivity contribution < 1.29 is 4.74 Å². The van der Waals surface area contributed by atoms with Gasteiger partial charge in [0.1, 0.15) is 5.75 Å². The Morgan fingerprint density at radius 3 is 2.63 bits per heavy atom. The van der Waals surface area contributed by atoms with Gasteiger partial charge in [-0.1, -0.05) is 13.3 Å². The number of nitrogens with zero attached hydrogens (tertiary/aromatic N) is 1. The summed E-state index contributed by atoms with van der Waals surface area (Å²) in [7, 11) is 1.71. The zero-order valence-corrected chi connectivity index (χ0v) is 12.4. The fourth-order valence-electron chi connectivity index (χ4n) is 2.93. The lowest BCUT2D eigenvalue weighted by Crippen LogP contribution is -2.32. The van der Waals surface area contributed by atoms with Crippen molar-refractivity contribution in [1.29, 1.82) is 0 Å². The van der Waals surface area contributed by atoms with Crippen LogP contribution in [0.2, 0.25) is 0 Å². The minimum atomic E-state index is 0.663. The zero-order chi connectivity index (χ0) is 13.7. The number of pyridine rings is 1. The van der Waals surface area contributed by atoms with Crippen LogP contribution in [0, 0.1) is 12.8 Å². The Hall–Kier alpha value is -1.09. The summed E-state index contributed by atoms with van der Waals surface area (Å²) >= 11 is 0. The third-order valence-corrected chi connectivity index (χ3v) is 4.21. The third-order valence-electron chi connectivity index (χ3n) is 4.21. The van der Waals surface area contributed by atoms with E-state index in [9.17, 15) is 0 Å². The molecule has 0 saturated heterocycles. The summed E-state index contributed by atoms with van der Waals surface area (Å²) in [5.41, 5.74) is 2.10. The molecule has 0 aliphatic heterocycles. The van der Waals surface area contributed by atoms with Gasteiger partial charge in [-0.2, -0.15) is 0 Å². The Balaban J connectivity index is 1.84. The lowest BCUT2D eigenvalue weighted by molar-refractivity contribution is 0.284. The molecule has 0 spiro atoms. The highest BCUT2D eigenvalue weighted by Crippen LogP contribution is 2.26. The van der Waals surface area contributed by atoms with Gasteiger partial charge in [-0.25, -0.2) is 0 Å². The van der Waals surface area contributed by atoms with Crippen LogP contribution in [0.25, 0.3) is 0 Å². The number of hydrogen-bond donors (Lipinski definition) is 1. The van der Waals surface area contributed by atoms with Crippen LogP contribution >= 0.6 is 0 Å². The van der Waals surface area contributed by atoms with Crippen LogP contribution in [0.1, 0.15) is 50.4 Å². The first kappa shape index (κ1) is 14.3. The Labute approximate surface area is 116 Å². The van der Waals surface area contributed by atoms with Gasteiger partial charge in [-0.05, 0) is 38.5 Å². The standard InChI is InChI=1S/C16H26N2O/c1-4-13-5-7-14(8-6-13)17-11-15-10-16(19-3)9-12(2)18-15/h9-10,13-14,17H,4-8,11H2,1-3H3. The van der Waals surface area contributed by atoms with E-state index in [0.717, 1.165) is 29.6 Å². The monoisotopic (exact) mass is 262 g/mol. The minimum Gasteiger partial charge on any atom is -0.497 e. The Morgan fingerprint density at radius 1 is 1.26 bits per heavy atom. The van der Waals surface area contributed by atoms with Crippen LogP contribution in [0.4, 0.5) is 0 Å². The van der Waals surface area contributed by atoms with Crippen LogP contribution in [0.3, 0.4) is 0 Å². The maximum absolute atomic E-state index is 5.29. The second kappa shape index (κ2) is 6.90. The molecule has 0 atom stereocenters. The second-order valence-corrected chi connectivity index (χ2v) is 5.65. The highest BCUT2D eigenvalue weighted by molar-refractivity contribution is 5.26. The summed E-state index contributed by atoms with van der Waals surface area (Å²) in [5.74, 6) is 1.86. The van der Waals surface area contributed by atoms with E-state index < -0.39 is 0 Å². The molecule has 106 valence electrons. The van der Waals surface area contributed by atoms with Crippen molar-refractivity contribution in [2.24, 2.45) is 5.92 Å². The summed E-state index contributed by atoms with van der Waals surface area (Å²) in [6, 6.07) is 4.66. The molecule has 19 heavy (non-hydrogen) atoms. The lowest BCUT2D eigenvalue weighted by atomic mass is 9.84. The molecule has 0 amide bonds. The molecule has 1 aromatic heterocycles. The van der Waals surface area contributed by atoms with E-state index in [-0.39, 0.29) is 0 Å². The second-order valence-electron chi connectivity index (χ2n) is 5.65. The Kier molecular flexibility index (Phi) is 5.20. The van der Waals surface area contributed by atoms with Gasteiger partial charge in [-0.15, -0.1) is 0 Å². The number of methoxy groups -OCH3 is 1. The van der Waals surface area contributed by atoms with Crippen molar-refractivity contribution in [2.75, 3.05) is 7.11 Å². The van der Waals surface area contributed by atoms with E-state index >= 15 is 0 Å². The third kappa shape index (κ3) is 4.20. The van der Waals surface area contributed by atoms with Crippen molar-refractivity contribution in [2.45, 2.75) is 58.5 Å². The molecule has 1 saturated carbocycles. The van der Waals surface area contributed by atoms with E-state index in [1.54, 1.807) is 7.11 Å². The highest BCUT2D eigenvalue weighted by Gasteiger charge is 2.19. The normalized spacial score (nSPS) is 23.3. The van der Waals surface area contributed by atoms with Gasteiger partial charge in [0.15, 0.2) is 0 Å². The lowest BCUT2D eigenvalue weighted by Gasteiger charge is -2.28. The fourth-order valence-corrected chi connectivity index (χ4v) is 2.93. The molecule has 3 heteroatoms. The first-order valence-corrected chi connectivity index (χ1v) is 7.46. The summed E-state index contributed by atoms with van der Waals surface area (Å²) in [5, 5.41) is 3.64. The highest BCUT2D eigenvalue weighted by atomic mass is 16.5. The van der Waals surface area contributed by atoms with Gasteiger partial charge in [-0.3, -0.25) is 4.98 Å². The molecule has 1 heterocycles. The van der Waals surface area contributed by atoms with Gasteiger partial charge in [0.25, 0.3) is 0 Å². The number of aromatic nitrogens is 1. The van der Waals surface area contributed by atoms with Crippen molar-refractivity contribution in [3.8, 4) is 5.75 Å². The predicted molar refractivity (Wildman–Crippen MR) is 78.4 cm³/mol. The average Bonchev–Trinajstić information content (AvgIpc) is 2.45. The van der Waals surface area contributed by atoms with Crippen molar-refractivity contribution in [1.82, 2.24) is 10.3 Å². The van der Waals surface area contributed by atoms with Crippen LogP contribution in [-0.4, -0.2) is 18.1 Å². The zero-order valence-electron chi connectivity index (χ0n) is 12.4. The molecule has 1 aliphatic carbocycles. The van der Waals surface area contributed by atoms with E-state index in [4.69, 9.17) is 4.74 Å². The fraction of sp³-hybridized carbons (Fsp3) is 0.688. The summed E-state index contributed by atoms with van der Waals surface area (Å²) in [6.07, 6.45) is 6.70. The Bertz CT molecular complexity index is 398. The molecule has 1 aliphatic rings. The van der Waals surface area contributed by atoms with Gasteiger partial charge in [0.2, 0.25) is 0 Å². The van der Waals surface area contributed by atoms with Crippen molar-refractivity contribution in [3.63, 3.8) is 0 Å². The quantitative estimate of drug-likeness (QED) is 0.882. The van der Waals surface area contributed by atoms with Crippen LogP contribution in [0.15, 0.2) is 12.1 Å². The van der Waals surface area contributed by atoms with E-state index in [0.29, 0.717) is 6.04 Å². The number of ether oxygens (including phenoxy) is 1. The van der Waals surface area contributed by atoms with E-state index in [2.05, 4.69) is 17.2 Å². The molecule has 0 bridgehead atoms. The molecular weight excluding hydrogens is 236 g/mol. The summed E-state index contributed by atoms with van der Waals surface area (Å²) < 4.78 is 5.29. The molecule has 0 aromatic carbocycles. The number of hydrogen-bond acceptors (Lipinski definition) is 3. The number of aryl methyl sites for hydroxylation is 1.